The van der Waals surface area contributed by atoms with E-state index < -0.39 is 24.2 Å². The number of benzene rings is 13. The molecule has 0 atom stereocenters. The van der Waals surface area contributed by atoms with E-state index in [1.165, 1.54) is 67.6 Å². The van der Waals surface area contributed by atoms with Crippen LogP contribution in [0.1, 0.15) is 0 Å². The summed E-state index contributed by atoms with van der Waals surface area (Å²) in [7, 11) is -5.23. The Balaban J connectivity index is 0.000000130. The first-order valence-corrected chi connectivity index (χ1v) is 52.0. The third-order valence-corrected chi connectivity index (χ3v) is 34.6. The molecule has 15 heteroatoms. The minimum atomic E-state index is -1.77. The molecule has 3 radical (unpaired) electrons. The molecule has 0 aliphatic rings. The van der Waals surface area contributed by atoms with Crippen molar-refractivity contribution in [2.75, 3.05) is 0 Å². The molecular formula is C114H89Ir3N7OSSi3-6. The van der Waals surface area contributed by atoms with Crippen molar-refractivity contribution in [3.8, 4) is 73.2 Å². The summed E-state index contributed by atoms with van der Waals surface area (Å²) in [6, 6.07) is 155. The van der Waals surface area contributed by atoms with E-state index in [0.717, 1.165) is 101 Å². The van der Waals surface area contributed by atoms with Crippen LogP contribution in [-0.2, 0) is 60.3 Å². The van der Waals surface area contributed by atoms with E-state index in [2.05, 4.69) is 350 Å². The number of rotatable bonds is 13. The van der Waals surface area contributed by atoms with Gasteiger partial charge in [-0.25, -0.2) is 0 Å². The fourth-order valence-electron chi connectivity index (χ4n) is 15.6. The SMILES string of the molecule is C[Si](C)(c1ccccc1)c1ccc(-c2[c-]cc3c(c2)c2ccccc2n3-c2ccccc2)nc1.C[Si](C)(c1ccccc1)c1ccc(-c2[c-]cc3oc4ccccc4c3c2)nc1.C[Si](C)(c1ccccc1)c1ccc(-c2[c-]cc3sc4ccccc4c3c2)nc1.[Ir].[Ir].[Ir].[c-]1ccccc1-c1ccccn1.[c-]1ccccc1-c1ccccn1.[c-]1ccccc1-c1ccccn1. The van der Waals surface area contributed by atoms with E-state index >= 15 is 0 Å². The molecular weight excluding hydrogens is 2180 g/mol. The van der Waals surface area contributed by atoms with Crippen molar-refractivity contribution >= 4 is 131 Å². The van der Waals surface area contributed by atoms with Crippen molar-refractivity contribution < 1.29 is 64.7 Å². The Morgan fingerprint density at radius 2 is 0.612 bits per heavy atom. The van der Waals surface area contributed by atoms with Crippen molar-refractivity contribution in [1.82, 2.24) is 34.5 Å². The summed E-state index contributed by atoms with van der Waals surface area (Å²) in [5, 5.41) is 15.6. The van der Waals surface area contributed by atoms with Crippen molar-refractivity contribution in [3.63, 3.8) is 0 Å². The molecule has 129 heavy (non-hydrogen) atoms. The maximum atomic E-state index is 5.91. The second-order valence-corrected chi connectivity index (χ2v) is 46.3. The second kappa shape index (κ2) is 43.3. The molecule has 0 aliphatic heterocycles. The number of pyridine rings is 6. The molecule has 22 rings (SSSR count). The van der Waals surface area contributed by atoms with Crippen molar-refractivity contribution in [3.05, 3.63) is 468 Å². The fraction of sp³-hybridized carbons (Fsp3) is 0.0526. The number of thiophene rings is 1. The van der Waals surface area contributed by atoms with Crippen LogP contribution in [0.15, 0.2) is 436 Å². The van der Waals surface area contributed by atoms with E-state index in [9.17, 15) is 0 Å². The van der Waals surface area contributed by atoms with Gasteiger partial charge in [-0.15, -0.1) is 179 Å². The summed E-state index contributed by atoms with van der Waals surface area (Å²) in [6.45, 7) is 14.3. The van der Waals surface area contributed by atoms with Gasteiger partial charge in [-0.3, -0.25) is 0 Å². The minimum absolute atomic E-state index is 0. The standard InChI is InChI=1S/C31H25N2Si.C25H20NOSi.C25H20NSSi.3C11H8N.3Ir/c1-34(2,25-13-7-4-8-14-25)26-18-19-29(32-22-26)23-17-20-31-28(21-23)27-15-9-10-16-30(27)33(31)24-11-5-3-6-12-24;2*1-28(2,19-8-4-3-5-9-19)20-13-14-23(26-17-20)18-12-15-25-22(16-18)21-10-6-7-11-24(21)27-25;3*1-2-6-10(7-3-1)11-8-4-5-9-12-11;;;/h3-16,18-22H,1-2H3;2*3-11,13-17H,1-2H3;3*1-6,8-9H;;;/q6*-1;;;. The zero-order valence-electron chi connectivity index (χ0n) is 71.9. The van der Waals surface area contributed by atoms with Crippen LogP contribution in [0.2, 0.25) is 39.3 Å². The van der Waals surface area contributed by atoms with Gasteiger partial charge in [-0.2, -0.15) is 11.3 Å². The molecule has 0 saturated heterocycles. The van der Waals surface area contributed by atoms with Crippen molar-refractivity contribution in [2.24, 2.45) is 0 Å². The maximum absolute atomic E-state index is 5.91. The van der Waals surface area contributed by atoms with Crippen LogP contribution >= 0.6 is 11.3 Å². The van der Waals surface area contributed by atoms with Crippen LogP contribution in [0.25, 0.3) is 137 Å². The van der Waals surface area contributed by atoms with Crippen LogP contribution in [0, 0.1) is 36.4 Å². The van der Waals surface area contributed by atoms with Crippen LogP contribution in [0.4, 0.5) is 0 Å². The Kier molecular flexibility index (Phi) is 31.0. The Labute approximate surface area is 802 Å². The van der Waals surface area contributed by atoms with Crippen LogP contribution < -0.4 is 31.1 Å². The number of nitrogens with zero attached hydrogens (tertiary/aromatic N) is 7. The molecule has 0 bridgehead atoms. The zero-order valence-corrected chi connectivity index (χ0v) is 82.9. The number of fused-ring (bicyclic) bond motifs is 9. The van der Waals surface area contributed by atoms with Crippen LogP contribution in [0.5, 0.6) is 0 Å². The molecule has 0 unspecified atom stereocenters. The molecule has 0 spiro atoms. The van der Waals surface area contributed by atoms with Gasteiger partial charge < -0.3 is 38.9 Å². The summed E-state index contributed by atoms with van der Waals surface area (Å²) in [5.41, 5.74) is 17.3. The Morgan fingerprint density at radius 3 is 1.04 bits per heavy atom. The van der Waals surface area contributed by atoms with E-state index in [0.29, 0.717) is 0 Å². The summed E-state index contributed by atoms with van der Waals surface area (Å²) < 4.78 is 10.8. The number of hydrogen-bond acceptors (Lipinski definition) is 8. The molecule has 637 valence electrons. The van der Waals surface area contributed by atoms with Gasteiger partial charge in [0.1, 0.15) is 29.8 Å². The molecule has 0 N–H and O–H groups in total. The number of furan rings is 1. The predicted molar refractivity (Wildman–Crippen MR) is 535 cm³/mol. The average molecular weight is 2270 g/mol. The van der Waals surface area contributed by atoms with Crippen molar-refractivity contribution in [1.29, 1.82) is 0 Å². The first-order valence-electron chi connectivity index (χ1n) is 42.2. The van der Waals surface area contributed by atoms with Crippen LogP contribution in [0.3, 0.4) is 0 Å². The van der Waals surface area contributed by atoms with E-state index in [1.807, 2.05) is 169 Å². The molecule has 13 aromatic carbocycles. The largest absolute Gasteiger partial charge is 0.500 e. The van der Waals surface area contributed by atoms with Gasteiger partial charge in [0.2, 0.25) is 0 Å². The van der Waals surface area contributed by atoms with Gasteiger partial charge in [0.15, 0.2) is 0 Å². The monoisotopic (exact) mass is 2270 g/mol. The summed E-state index contributed by atoms with van der Waals surface area (Å²) in [6.07, 6.45) is 11.5. The number of hydrogen-bond donors (Lipinski definition) is 0. The number of aromatic nitrogens is 7. The van der Waals surface area contributed by atoms with E-state index in [1.54, 1.807) is 18.6 Å². The summed E-state index contributed by atoms with van der Waals surface area (Å²) in [4.78, 5) is 27.1. The topological polar surface area (TPSA) is 95.4 Å². The molecule has 0 fully saturated rings. The quantitative estimate of drug-likeness (QED) is 0.0838. The molecule has 0 amide bonds. The van der Waals surface area contributed by atoms with E-state index in [-0.39, 0.29) is 60.3 Å². The molecule has 9 aromatic heterocycles. The first-order chi connectivity index (χ1) is 61.8. The molecule has 9 heterocycles. The van der Waals surface area contributed by atoms with Gasteiger partial charge in [-0.05, 0) is 119 Å². The molecule has 0 aliphatic carbocycles. The normalized spacial score (nSPS) is 11.0. The zero-order chi connectivity index (χ0) is 86.1. The Hall–Kier alpha value is -12.8. The molecule has 8 nitrogen and oxygen atoms in total. The molecule has 0 saturated carbocycles. The predicted octanol–water partition coefficient (Wildman–Crippen LogP) is 25.1. The average Bonchev–Trinajstić information content (AvgIpc) is 1.60. The van der Waals surface area contributed by atoms with Crippen LogP contribution in [-0.4, -0.2) is 58.7 Å². The number of para-hydroxylation sites is 3. The van der Waals surface area contributed by atoms with Gasteiger partial charge in [0.05, 0.1) is 5.58 Å². The van der Waals surface area contributed by atoms with Gasteiger partial charge in [0, 0.05) is 119 Å². The summed E-state index contributed by atoms with van der Waals surface area (Å²) in [5.74, 6) is 0. The fourth-order valence-corrected chi connectivity index (χ4v) is 23.4. The van der Waals surface area contributed by atoms with Crippen molar-refractivity contribution in [2.45, 2.75) is 39.3 Å². The van der Waals surface area contributed by atoms with Gasteiger partial charge in [0.25, 0.3) is 0 Å². The first kappa shape index (κ1) is 92.4. The van der Waals surface area contributed by atoms with Gasteiger partial charge in [-0.1, -0.05) is 308 Å². The Morgan fingerprint density at radius 1 is 0.248 bits per heavy atom. The smallest absolute Gasteiger partial charge is 0.120 e. The third kappa shape index (κ3) is 21.6. The third-order valence-electron chi connectivity index (χ3n) is 23.0. The van der Waals surface area contributed by atoms with Gasteiger partial charge >= 0.3 is 0 Å². The second-order valence-electron chi connectivity index (χ2n) is 32.0. The minimum Gasteiger partial charge on any atom is -0.500 e. The molecule has 22 aromatic rings. The van der Waals surface area contributed by atoms with E-state index in [4.69, 9.17) is 19.4 Å². The summed E-state index contributed by atoms with van der Waals surface area (Å²) >= 11 is 1.82. The Bertz CT molecular complexity index is 6810. The maximum Gasteiger partial charge on any atom is 0.120 e.